The van der Waals surface area contributed by atoms with Gasteiger partial charge in [0, 0.05) is 46.7 Å². The number of amides is 1. The van der Waals surface area contributed by atoms with Crippen LogP contribution in [0, 0.1) is 5.82 Å². The maximum atomic E-state index is 13.6. The molecule has 0 aliphatic rings. The number of aryl methyl sites for hydroxylation is 1. The number of hydrogen-bond donors (Lipinski definition) is 2. The molecule has 0 atom stereocenters. The van der Waals surface area contributed by atoms with Crippen LogP contribution in [-0.4, -0.2) is 20.7 Å². The molecule has 0 aliphatic carbocycles. The minimum absolute atomic E-state index is 0.103. The fourth-order valence-electron chi connectivity index (χ4n) is 3.09. The zero-order valence-corrected chi connectivity index (χ0v) is 14.7. The van der Waals surface area contributed by atoms with Gasteiger partial charge in [-0.3, -0.25) is 9.48 Å². The first-order chi connectivity index (χ1) is 13.4. The number of rotatable bonds is 4. The zero-order valence-electron chi connectivity index (χ0n) is 14.7. The molecule has 2 heterocycles. The average Bonchev–Trinajstić information content (AvgIpc) is 3.27. The molecule has 1 amide bonds. The van der Waals surface area contributed by atoms with Gasteiger partial charge in [0.15, 0.2) is 0 Å². The number of benzene rings is 2. The van der Waals surface area contributed by atoms with Crippen LogP contribution in [0.15, 0.2) is 54.7 Å². The lowest BCUT2D eigenvalue weighted by molar-refractivity contribution is 0.101. The summed E-state index contributed by atoms with van der Waals surface area (Å²) in [5.41, 5.74) is 1.78. The summed E-state index contributed by atoms with van der Waals surface area (Å²) in [4.78, 5) is 15.3. The van der Waals surface area contributed by atoms with Crippen LogP contribution < -0.4 is 5.32 Å². The molecule has 0 bridgehead atoms. The molecule has 8 heteroatoms. The third-order valence-electron chi connectivity index (χ3n) is 4.47. The van der Waals surface area contributed by atoms with Gasteiger partial charge in [0.25, 0.3) is 12.3 Å². The molecule has 2 aromatic carbocycles. The Kier molecular flexibility index (Phi) is 4.38. The van der Waals surface area contributed by atoms with Gasteiger partial charge < -0.3 is 10.3 Å². The monoisotopic (exact) mass is 384 g/mol. The summed E-state index contributed by atoms with van der Waals surface area (Å²) in [5.74, 6) is -0.918. The third kappa shape index (κ3) is 3.24. The van der Waals surface area contributed by atoms with Gasteiger partial charge in [-0.1, -0.05) is 6.07 Å². The van der Waals surface area contributed by atoms with Crippen molar-refractivity contribution in [1.82, 2.24) is 14.8 Å². The highest BCUT2D eigenvalue weighted by atomic mass is 19.3. The highest BCUT2D eigenvalue weighted by Gasteiger charge is 2.17. The fourth-order valence-corrected chi connectivity index (χ4v) is 3.09. The Bertz CT molecular complexity index is 1180. The van der Waals surface area contributed by atoms with Crippen molar-refractivity contribution >= 4 is 22.5 Å². The molecule has 4 aromatic rings. The van der Waals surface area contributed by atoms with Crippen LogP contribution in [0.4, 0.5) is 18.9 Å². The molecule has 0 fully saturated rings. The second-order valence-corrected chi connectivity index (χ2v) is 6.31. The number of alkyl halides is 2. The van der Waals surface area contributed by atoms with E-state index in [1.54, 1.807) is 37.4 Å². The Hall–Kier alpha value is -3.55. The largest absolute Gasteiger partial charge is 0.354 e. The summed E-state index contributed by atoms with van der Waals surface area (Å²) in [6, 6.07) is 11.6. The predicted octanol–water partition coefficient (Wildman–Crippen LogP) is 4.90. The van der Waals surface area contributed by atoms with Crippen LogP contribution in [0.2, 0.25) is 0 Å². The number of halogens is 3. The van der Waals surface area contributed by atoms with E-state index in [0.717, 1.165) is 23.6 Å². The lowest BCUT2D eigenvalue weighted by Crippen LogP contribution is -2.15. The number of fused-ring (bicyclic) bond motifs is 1. The van der Waals surface area contributed by atoms with E-state index < -0.39 is 12.2 Å². The molecule has 0 radical (unpaired) electrons. The van der Waals surface area contributed by atoms with Gasteiger partial charge in [-0.25, -0.2) is 13.2 Å². The van der Waals surface area contributed by atoms with Crippen LogP contribution in [0.25, 0.3) is 22.2 Å². The number of H-pyrrole nitrogens is 1. The second kappa shape index (κ2) is 6.88. The topological polar surface area (TPSA) is 62.7 Å². The highest BCUT2D eigenvalue weighted by Crippen LogP contribution is 2.33. The normalized spacial score (nSPS) is 11.3. The molecule has 0 saturated carbocycles. The van der Waals surface area contributed by atoms with E-state index in [1.807, 2.05) is 0 Å². The summed E-state index contributed by atoms with van der Waals surface area (Å²) < 4.78 is 41.6. The molecular weight excluding hydrogens is 369 g/mol. The number of carbonyl (C=O) groups is 1. The van der Waals surface area contributed by atoms with Crippen LogP contribution in [0.5, 0.6) is 0 Å². The smallest absolute Gasteiger partial charge is 0.273 e. The number of aromatic amines is 1. The molecule has 2 N–H and O–H groups in total. The van der Waals surface area contributed by atoms with E-state index in [9.17, 15) is 18.0 Å². The molecular formula is C20H15F3N4O. The fraction of sp³-hybridized carbons (Fsp3) is 0.100. The summed E-state index contributed by atoms with van der Waals surface area (Å²) in [5, 5.41) is 7.47. The zero-order chi connectivity index (χ0) is 19.8. The minimum Gasteiger partial charge on any atom is -0.354 e. The predicted molar refractivity (Wildman–Crippen MR) is 99.8 cm³/mol. The van der Waals surface area contributed by atoms with E-state index in [1.165, 1.54) is 10.9 Å². The Labute approximate surface area is 157 Å². The highest BCUT2D eigenvalue weighted by molar-refractivity contribution is 6.04. The first kappa shape index (κ1) is 17.8. The molecule has 0 unspecified atom stereocenters. The Balaban J connectivity index is 1.69. The van der Waals surface area contributed by atoms with Gasteiger partial charge in [-0.15, -0.1) is 0 Å². The summed E-state index contributed by atoms with van der Waals surface area (Å²) in [6.45, 7) is 0. The Morgan fingerprint density at radius 1 is 1.14 bits per heavy atom. The van der Waals surface area contributed by atoms with Crippen LogP contribution in [0.1, 0.15) is 22.5 Å². The van der Waals surface area contributed by atoms with Crippen molar-refractivity contribution in [2.24, 2.45) is 7.05 Å². The number of carbonyl (C=O) groups excluding carboxylic acids is 1. The molecule has 0 spiro atoms. The SMILES string of the molecule is Cn1nccc1C(=O)Nc1ccc2cc(-c3cc(F)ccc3C(F)F)[nH]c2c1. The summed E-state index contributed by atoms with van der Waals surface area (Å²) in [6.07, 6.45) is -1.20. The van der Waals surface area contributed by atoms with Gasteiger partial charge in [0.2, 0.25) is 0 Å². The first-order valence-corrected chi connectivity index (χ1v) is 8.42. The number of nitrogens with one attached hydrogen (secondary N) is 2. The standard InChI is InChI=1S/C20H15F3N4O/c1-27-18(6-7-24-27)20(28)25-13-4-2-11-8-17(26-16(11)10-13)15-9-12(21)3-5-14(15)19(22)23/h2-10,19,26H,1H3,(H,25,28). The maximum Gasteiger partial charge on any atom is 0.273 e. The van der Waals surface area contributed by atoms with Gasteiger partial charge in [-0.2, -0.15) is 5.10 Å². The Morgan fingerprint density at radius 2 is 1.96 bits per heavy atom. The van der Waals surface area contributed by atoms with Crippen molar-refractivity contribution in [1.29, 1.82) is 0 Å². The van der Waals surface area contributed by atoms with Crippen molar-refractivity contribution in [2.45, 2.75) is 6.43 Å². The molecule has 4 rings (SSSR count). The maximum absolute atomic E-state index is 13.6. The molecule has 142 valence electrons. The van der Waals surface area contributed by atoms with Crippen LogP contribution in [0.3, 0.4) is 0 Å². The van der Waals surface area contributed by atoms with Crippen molar-refractivity contribution in [2.75, 3.05) is 5.32 Å². The minimum atomic E-state index is -2.73. The van der Waals surface area contributed by atoms with Crippen LogP contribution >= 0.6 is 0 Å². The molecule has 2 aromatic heterocycles. The lowest BCUT2D eigenvalue weighted by atomic mass is 10.0. The third-order valence-corrected chi connectivity index (χ3v) is 4.47. The first-order valence-electron chi connectivity index (χ1n) is 8.42. The average molecular weight is 384 g/mol. The summed E-state index contributed by atoms with van der Waals surface area (Å²) in [7, 11) is 1.66. The molecule has 28 heavy (non-hydrogen) atoms. The van der Waals surface area contributed by atoms with Gasteiger partial charge in [0.05, 0.1) is 0 Å². The van der Waals surface area contributed by atoms with E-state index in [2.05, 4.69) is 15.4 Å². The number of anilines is 1. The number of aromatic nitrogens is 3. The van der Waals surface area contributed by atoms with Crippen molar-refractivity contribution < 1.29 is 18.0 Å². The Morgan fingerprint density at radius 3 is 2.68 bits per heavy atom. The van der Waals surface area contributed by atoms with Crippen molar-refractivity contribution in [3.63, 3.8) is 0 Å². The van der Waals surface area contributed by atoms with Gasteiger partial charge in [-0.05, 0) is 42.5 Å². The van der Waals surface area contributed by atoms with Crippen LogP contribution in [-0.2, 0) is 7.05 Å². The van der Waals surface area contributed by atoms with E-state index in [4.69, 9.17) is 0 Å². The number of nitrogens with zero attached hydrogens (tertiary/aromatic N) is 2. The van der Waals surface area contributed by atoms with E-state index in [-0.39, 0.29) is 17.0 Å². The quantitative estimate of drug-likeness (QED) is 0.526. The van der Waals surface area contributed by atoms with Crippen molar-refractivity contribution in [3.8, 4) is 11.3 Å². The number of hydrogen-bond acceptors (Lipinski definition) is 2. The summed E-state index contributed by atoms with van der Waals surface area (Å²) >= 11 is 0. The van der Waals surface area contributed by atoms with E-state index >= 15 is 0 Å². The van der Waals surface area contributed by atoms with Crippen molar-refractivity contribution in [3.05, 3.63) is 71.8 Å². The molecule has 0 saturated heterocycles. The second-order valence-electron chi connectivity index (χ2n) is 6.31. The van der Waals surface area contributed by atoms with Gasteiger partial charge >= 0.3 is 0 Å². The molecule has 5 nitrogen and oxygen atoms in total. The van der Waals surface area contributed by atoms with Gasteiger partial charge in [0.1, 0.15) is 11.5 Å². The van der Waals surface area contributed by atoms with E-state index in [0.29, 0.717) is 22.6 Å². The molecule has 0 aliphatic heterocycles. The lowest BCUT2D eigenvalue weighted by Gasteiger charge is -2.07.